The van der Waals surface area contributed by atoms with Crippen LogP contribution < -0.4 is 5.32 Å². The lowest BCUT2D eigenvalue weighted by Crippen LogP contribution is -2.61. The number of hydrogen-bond donors (Lipinski definition) is 3. The van der Waals surface area contributed by atoms with Crippen LogP contribution >= 0.6 is 11.8 Å². The molecule has 1 saturated carbocycles. The van der Waals surface area contributed by atoms with E-state index in [0.717, 1.165) is 11.8 Å². The van der Waals surface area contributed by atoms with E-state index in [1.807, 2.05) is 13.8 Å². The standard InChI is InChI=1S/C10H17NO4S/c1-10(2)6(3-7(10)12)11-8(13)4-16-5-9(14)15/h6-7,12H,3-5H2,1-2H3,(H,11,13)(H,14,15). The number of thioether (sulfide) groups is 1. The summed E-state index contributed by atoms with van der Waals surface area (Å²) in [5.74, 6) is -1.01. The number of amides is 1. The first kappa shape index (κ1) is 13.3. The number of rotatable bonds is 5. The van der Waals surface area contributed by atoms with Gasteiger partial charge in [0, 0.05) is 11.5 Å². The van der Waals surface area contributed by atoms with E-state index in [4.69, 9.17) is 5.11 Å². The average molecular weight is 247 g/mol. The van der Waals surface area contributed by atoms with E-state index in [-0.39, 0.29) is 35.0 Å². The Bertz CT molecular complexity index is 293. The van der Waals surface area contributed by atoms with Crippen molar-refractivity contribution in [2.24, 2.45) is 5.41 Å². The van der Waals surface area contributed by atoms with Crippen LogP contribution in [0.15, 0.2) is 0 Å². The number of aliphatic hydroxyl groups is 1. The molecule has 0 bridgehead atoms. The lowest BCUT2D eigenvalue weighted by atomic mass is 9.64. The van der Waals surface area contributed by atoms with Crippen LogP contribution in [0.3, 0.4) is 0 Å². The molecule has 1 rings (SSSR count). The molecule has 2 unspecified atom stereocenters. The molecule has 1 fully saturated rings. The van der Waals surface area contributed by atoms with E-state index in [9.17, 15) is 14.7 Å². The minimum Gasteiger partial charge on any atom is -0.481 e. The van der Waals surface area contributed by atoms with Gasteiger partial charge in [0.1, 0.15) is 0 Å². The maximum absolute atomic E-state index is 11.4. The topological polar surface area (TPSA) is 86.6 Å². The summed E-state index contributed by atoms with van der Waals surface area (Å²) < 4.78 is 0. The van der Waals surface area contributed by atoms with Gasteiger partial charge in [-0.3, -0.25) is 9.59 Å². The van der Waals surface area contributed by atoms with Gasteiger partial charge in [-0.25, -0.2) is 0 Å². The molecule has 0 radical (unpaired) electrons. The van der Waals surface area contributed by atoms with Gasteiger partial charge in [-0.1, -0.05) is 13.8 Å². The Hall–Kier alpha value is -0.750. The zero-order valence-electron chi connectivity index (χ0n) is 9.40. The molecule has 0 aliphatic heterocycles. The van der Waals surface area contributed by atoms with Crippen molar-refractivity contribution in [2.75, 3.05) is 11.5 Å². The van der Waals surface area contributed by atoms with E-state index in [2.05, 4.69) is 5.32 Å². The number of hydrogen-bond acceptors (Lipinski definition) is 4. The van der Waals surface area contributed by atoms with Gasteiger partial charge >= 0.3 is 5.97 Å². The zero-order valence-corrected chi connectivity index (χ0v) is 10.2. The van der Waals surface area contributed by atoms with E-state index < -0.39 is 5.97 Å². The Balaban J connectivity index is 2.23. The largest absolute Gasteiger partial charge is 0.481 e. The van der Waals surface area contributed by atoms with Gasteiger partial charge in [-0.15, -0.1) is 11.8 Å². The van der Waals surface area contributed by atoms with Crippen LogP contribution in [0.4, 0.5) is 0 Å². The molecule has 0 heterocycles. The molecule has 0 spiro atoms. The molecule has 0 saturated heterocycles. The number of aliphatic hydroxyl groups excluding tert-OH is 1. The molecule has 0 aromatic rings. The van der Waals surface area contributed by atoms with Crippen LogP contribution in [0.1, 0.15) is 20.3 Å². The highest BCUT2D eigenvalue weighted by Crippen LogP contribution is 2.40. The maximum Gasteiger partial charge on any atom is 0.313 e. The summed E-state index contributed by atoms with van der Waals surface area (Å²) in [5, 5.41) is 20.7. The monoisotopic (exact) mass is 247 g/mol. The lowest BCUT2D eigenvalue weighted by molar-refractivity contribution is -0.133. The number of aliphatic carboxylic acids is 1. The number of carboxylic acids is 1. The average Bonchev–Trinajstić information content (AvgIpc) is 2.16. The van der Waals surface area contributed by atoms with Crippen molar-refractivity contribution in [3.05, 3.63) is 0 Å². The summed E-state index contributed by atoms with van der Waals surface area (Å²) in [4.78, 5) is 21.6. The quantitative estimate of drug-likeness (QED) is 0.640. The molecule has 6 heteroatoms. The summed E-state index contributed by atoms with van der Waals surface area (Å²) >= 11 is 1.07. The van der Waals surface area contributed by atoms with Gasteiger partial charge < -0.3 is 15.5 Å². The minimum absolute atomic E-state index is 0.0135. The van der Waals surface area contributed by atoms with Crippen LogP contribution in [0.25, 0.3) is 0 Å². The molecule has 1 aliphatic rings. The van der Waals surface area contributed by atoms with E-state index in [1.165, 1.54) is 0 Å². The maximum atomic E-state index is 11.4. The Kier molecular flexibility index (Phi) is 4.21. The zero-order chi connectivity index (χ0) is 12.3. The SMILES string of the molecule is CC1(C)C(O)CC1NC(=O)CSCC(=O)O. The van der Waals surface area contributed by atoms with E-state index >= 15 is 0 Å². The van der Waals surface area contributed by atoms with Gasteiger partial charge in [0.25, 0.3) is 0 Å². The third kappa shape index (κ3) is 3.12. The van der Waals surface area contributed by atoms with Gasteiger partial charge in [0.2, 0.25) is 5.91 Å². The number of carbonyl (C=O) groups is 2. The molecule has 0 aromatic carbocycles. The first-order valence-electron chi connectivity index (χ1n) is 5.11. The van der Waals surface area contributed by atoms with Crippen LogP contribution in [-0.4, -0.2) is 45.7 Å². The van der Waals surface area contributed by atoms with Crippen molar-refractivity contribution in [1.29, 1.82) is 0 Å². The summed E-state index contributed by atoms with van der Waals surface area (Å²) in [6.07, 6.45) is 0.201. The molecule has 92 valence electrons. The third-order valence-corrected chi connectivity index (χ3v) is 3.93. The van der Waals surface area contributed by atoms with Crippen molar-refractivity contribution < 1.29 is 19.8 Å². The first-order chi connectivity index (χ1) is 7.34. The Labute approximate surface area is 98.6 Å². The Morgan fingerprint density at radius 3 is 2.50 bits per heavy atom. The molecule has 1 aliphatic carbocycles. The van der Waals surface area contributed by atoms with Crippen LogP contribution in [0.2, 0.25) is 0 Å². The van der Waals surface area contributed by atoms with Gasteiger partial charge in [0.05, 0.1) is 17.6 Å². The first-order valence-corrected chi connectivity index (χ1v) is 6.26. The van der Waals surface area contributed by atoms with Crippen molar-refractivity contribution >= 4 is 23.6 Å². The second-order valence-corrected chi connectivity index (χ2v) is 5.57. The predicted octanol–water partition coefficient (Wildman–Crippen LogP) is 0.0798. The highest BCUT2D eigenvalue weighted by Gasteiger charge is 2.47. The summed E-state index contributed by atoms with van der Waals surface area (Å²) in [6.45, 7) is 3.80. The highest BCUT2D eigenvalue weighted by atomic mass is 32.2. The molecule has 16 heavy (non-hydrogen) atoms. The van der Waals surface area contributed by atoms with Crippen molar-refractivity contribution in [3.63, 3.8) is 0 Å². The van der Waals surface area contributed by atoms with Crippen LogP contribution in [-0.2, 0) is 9.59 Å². The number of carbonyl (C=O) groups excluding carboxylic acids is 1. The smallest absolute Gasteiger partial charge is 0.313 e. The molecule has 3 N–H and O–H groups in total. The number of carboxylic acid groups (broad SMARTS) is 1. The molecular weight excluding hydrogens is 230 g/mol. The van der Waals surface area contributed by atoms with Gasteiger partial charge in [0.15, 0.2) is 0 Å². The second kappa shape index (κ2) is 5.05. The van der Waals surface area contributed by atoms with Gasteiger partial charge in [-0.05, 0) is 6.42 Å². The Morgan fingerprint density at radius 2 is 2.06 bits per heavy atom. The normalized spacial score (nSPS) is 26.9. The summed E-state index contributed by atoms with van der Waals surface area (Å²) in [6, 6.07) is -0.0135. The second-order valence-electron chi connectivity index (χ2n) is 4.58. The fourth-order valence-corrected chi connectivity index (χ4v) is 2.16. The number of nitrogens with one attached hydrogen (secondary N) is 1. The molecule has 5 nitrogen and oxygen atoms in total. The van der Waals surface area contributed by atoms with E-state index in [1.54, 1.807) is 0 Å². The fraction of sp³-hybridized carbons (Fsp3) is 0.800. The molecule has 0 aromatic heterocycles. The van der Waals surface area contributed by atoms with Crippen molar-refractivity contribution in [3.8, 4) is 0 Å². The van der Waals surface area contributed by atoms with Crippen molar-refractivity contribution in [2.45, 2.75) is 32.4 Å². The molecular formula is C10H17NO4S. The lowest BCUT2D eigenvalue weighted by Gasteiger charge is -2.49. The summed E-state index contributed by atoms with van der Waals surface area (Å²) in [5.41, 5.74) is -0.285. The molecule has 2 atom stereocenters. The minimum atomic E-state index is -0.919. The predicted molar refractivity (Wildman–Crippen MR) is 61.3 cm³/mol. The Morgan fingerprint density at radius 1 is 1.44 bits per heavy atom. The molecule has 1 amide bonds. The van der Waals surface area contributed by atoms with Crippen LogP contribution in [0, 0.1) is 5.41 Å². The highest BCUT2D eigenvalue weighted by molar-refractivity contribution is 8.00. The van der Waals surface area contributed by atoms with E-state index in [0.29, 0.717) is 6.42 Å². The summed E-state index contributed by atoms with van der Waals surface area (Å²) in [7, 11) is 0. The van der Waals surface area contributed by atoms with Crippen LogP contribution in [0.5, 0.6) is 0 Å². The van der Waals surface area contributed by atoms with Gasteiger partial charge in [-0.2, -0.15) is 0 Å². The fourth-order valence-electron chi connectivity index (χ4n) is 1.61. The van der Waals surface area contributed by atoms with Crippen molar-refractivity contribution in [1.82, 2.24) is 5.32 Å². The third-order valence-electron chi connectivity index (χ3n) is 3.01.